The lowest BCUT2D eigenvalue weighted by atomic mass is 10.2. The number of halogens is 3. The van der Waals surface area contributed by atoms with Crippen molar-refractivity contribution in [3.63, 3.8) is 0 Å². The van der Waals surface area contributed by atoms with E-state index in [1.165, 1.54) is 4.52 Å². The number of hydrogen-bond acceptors (Lipinski definition) is 4. The van der Waals surface area contributed by atoms with Crippen LogP contribution in [0.4, 0.5) is 14.6 Å². The molecule has 0 aliphatic heterocycles. The Morgan fingerprint density at radius 2 is 1.85 bits per heavy atom. The van der Waals surface area contributed by atoms with Gasteiger partial charge in [0.15, 0.2) is 11.5 Å². The summed E-state index contributed by atoms with van der Waals surface area (Å²) >= 11 is 5.95. The van der Waals surface area contributed by atoms with Crippen LogP contribution in [-0.4, -0.2) is 19.6 Å². The highest BCUT2D eigenvalue weighted by Crippen LogP contribution is 2.28. The van der Waals surface area contributed by atoms with Crippen molar-refractivity contribution in [2.24, 2.45) is 0 Å². The van der Waals surface area contributed by atoms with Crippen molar-refractivity contribution in [2.45, 2.75) is 6.43 Å². The molecule has 0 aliphatic rings. The van der Waals surface area contributed by atoms with Crippen LogP contribution in [0, 0.1) is 0 Å². The number of aromatic nitrogens is 4. The molecule has 5 nitrogen and oxygen atoms in total. The van der Waals surface area contributed by atoms with Gasteiger partial charge in [0.2, 0.25) is 5.82 Å². The molecule has 0 unspecified atom stereocenters. The molecule has 1 aromatic carbocycles. The van der Waals surface area contributed by atoms with Crippen LogP contribution in [0.2, 0.25) is 5.02 Å². The molecular weight excluding hydrogens is 288 g/mol. The van der Waals surface area contributed by atoms with E-state index < -0.39 is 12.2 Å². The minimum absolute atomic E-state index is 0.00378. The van der Waals surface area contributed by atoms with Gasteiger partial charge in [-0.15, -0.1) is 5.10 Å². The zero-order chi connectivity index (χ0) is 14.3. The van der Waals surface area contributed by atoms with Gasteiger partial charge in [-0.25, -0.2) is 18.7 Å². The number of nitrogen functional groups attached to an aromatic ring is 1. The molecule has 3 rings (SSSR count). The number of hydrogen-bond donors (Lipinski definition) is 1. The Kier molecular flexibility index (Phi) is 2.98. The minimum Gasteiger partial charge on any atom is -0.382 e. The Balaban J connectivity index is 2.35. The van der Waals surface area contributed by atoms with Gasteiger partial charge in [-0.2, -0.15) is 4.52 Å². The first-order chi connectivity index (χ1) is 9.58. The fraction of sp³-hybridized carbons (Fsp3) is 0.0833. The summed E-state index contributed by atoms with van der Waals surface area (Å²) in [5.74, 6) is -0.287. The van der Waals surface area contributed by atoms with Crippen molar-refractivity contribution < 1.29 is 8.78 Å². The molecule has 2 aromatic heterocycles. The first kappa shape index (κ1) is 12.7. The van der Waals surface area contributed by atoms with Crippen LogP contribution in [0.3, 0.4) is 0 Å². The molecule has 2 heterocycles. The fourth-order valence-corrected chi connectivity index (χ4v) is 1.97. The van der Waals surface area contributed by atoms with Crippen LogP contribution in [0.15, 0.2) is 30.3 Å². The average molecular weight is 296 g/mol. The van der Waals surface area contributed by atoms with Crippen LogP contribution >= 0.6 is 11.6 Å². The largest absolute Gasteiger partial charge is 0.382 e. The molecule has 0 fully saturated rings. The highest BCUT2D eigenvalue weighted by molar-refractivity contribution is 6.35. The molecule has 3 aromatic rings. The Morgan fingerprint density at radius 1 is 1.15 bits per heavy atom. The SMILES string of the molecule is Nc1nc(-c2ccccc2)n2nc(C(F)F)nc2c1Cl. The monoisotopic (exact) mass is 295 g/mol. The summed E-state index contributed by atoms with van der Waals surface area (Å²) in [6, 6.07) is 8.93. The quantitative estimate of drug-likeness (QED) is 0.789. The van der Waals surface area contributed by atoms with E-state index in [2.05, 4.69) is 15.1 Å². The molecule has 8 heteroatoms. The molecule has 0 spiro atoms. The van der Waals surface area contributed by atoms with E-state index in [0.717, 1.165) is 0 Å². The Hall–Kier alpha value is -2.28. The topological polar surface area (TPSA) is 69.1 Å². The maximum Gasteiger partial charge on any atom is 0.299 e. The van der Waals surface area contributed by atoms with E-state index in [4.69, 9.17) is 17.3 Å². The van der Waals surface area contributed by atoms with Crippen molar-refractivity contribution >= 4 is 23.1 Å². The van der Waals surface area contributed by atoms with Gasteiger partial charge < -0.3 is 5.73 Å². The van der Waals surface area contributed by atoms with Crippen molar-refractivity contribution in [1.82, 2.24) is 19.6 Å². The van der Waals surface area contributed by atoms with E-state index in [0.29, 0.717) is 11.4 Å². The van der Waals surface area contributed by atoms with Crippen molar-refractivity contribution in [1.29, 1.82) is 0 Å². The third-order valence-corrected chi connectivity index (χ3v) is 3.06. The van der Waals surface area contributed by atoms with Crippen LogP contribution in [0.1, 0.15) is 12.2 Å². The summed E-state index contributed by atoms with van der Waals surface area (Å²) in [4.78, 5) is 7.81. The lowest BCUT2D eigenvalue weighted by Gasteiger charge is -2.06. The zero-order valence-corrected chi connectivity index (χ0v) is 10.7. The predicted molar refractivity (Wildman–Crippen MR) is 70.6 cm³/mol. The second kappa shape index (κ2) is 4.68. The lowest BCUT2D eigenvalue weighted by molar-refractivity contribution is 0.140. The molecule has 0 radical (unpaired) electrons. The molecular formula is C12H8ClF2N5. The molecule has 20 heavy (non-hydrogen) atoms. The number of fused-ring (bicyclic) bond motifs is 1. The molecule has 0 bridgehead atoms. The Labute approximate surface area is 117 Å². The van der Waals surface area contributed by atoms with E-state index in [1.807, 2.05) is 6.07 Å². The molecule has 0 saturated carbocycles. The van der Waals surface area contributed by atoms with Gasteiger partial charge in [-0.1, -0.05) is 41.9 Å². The average Bonchev–Trinajstić information content (AvgIpc) is 2.89. The second-order valence-electron chi connectivity index (χ2n) is 4.01. The highest BCUT2D eigenvalue weighted by Gasteiger charge is 2.20. The van der Waals surface area contributed by atoms with E-state index >= 15 is 0 Å². The molecule has 0 atom stereocenters. The maximum absolute atomic E-state index is 12.7. The van der Waals surface area contributed by atoms with Crippen molar-refractivity contribution in [2.75, 3.05) is 5.73 Å². The van der Waals surface area contributed by atoms with Crippen LogP contribution in [0.5, 0.6) is 0 Å². The number of benzene rings is 1. The molecule has 0 amide bonds. The molecule has 2 N–H and O–H groups in total. The maximum atomic E-state index is 12.7. The van der Waals surface area contributed by atoms with Gasteiger partial charge in [-0.3, -0.25) is 0 Å². The first-order valence-corrected chi connectivity index (χ1v) is 6.01. The highest BCUT2D eigenvalue weighted by atomic mass is 35.5. The van der Waals surface area contributed by atoms with Crippen LogP contribution < -0.4 is 5.73 Å². The lowest BCUT2D eigenvalue weighted by Crippen LogP contribution is -2.03. The summed E-state index contributed by atoms with van der Waals surface area (Å²) < 4.78 is 26.7. The van der Waals surface area contributed by atoms with Gasteiger partial charge in [0.1, 0.15) is 10.8 Å². The third-order valence-electron chi connectivity index (χ3n) is 2.70. The minimum atomic E-state index is -2.80. The first-order valence-electron chi connectivity index (χ1n) is 5.63. The predicted octanol–water partition coefficient (Wildman–Crippen LogP) is 2.96. The number of alkyl halides is 2. The Bertz CT molecular complexity index is 772. The summed E-state index contributed by atoms with van der Waals surface area (Å²) in [6.07, 6.45) is -2.80. The summed E-state index contributed by atoms with van der Waals surface area (Å²) in [7, 11) is 0. The molecule has 0 saturated heterocycles. The normalized spacial score (nSPS) is 11.4. The third kappa shape index (κ3) is 1.96. The van der Waals surface area contributed by atoms with Crippen LogP contribution in [0.25, 0.3) is 17.0 Å². The van der Waals surface area contributed by atoms with Crippen LogP contribution in [-0.2, 0) is 0 Å². The van der Waals surface area contributed by atoms with Gasteiger partial charge in [0, 0.05) is 5.56 Å². The zero-order valence-electron chi connectivity index (χ0n) is 9.96. The van der Waals surface area contributed by atoms with E-state index in [9.17, 15) is 8.78 Å². The van der Waals surface area contributed by atoms with E-state index in [1.54, 1.807) is 24.3 Å². The van der Waals surface area contributed by atoms with Gasteiger partial charge >= 0.3 is 0 Å². The second-order valence-corrected chi connectivity index (χ2v) is 4.38. The summed E-state index contributed by atoms with van der Waals surface area (Å²) in [5, 5.41) is 3.75. The number of nitrogens with two attached hydrogens (primary N) is 1. The Morgan fingerprint density at radius 3 is 2.50 bits per heavy atom. The molecule has 0 aliphatic carbocycles. The van der Waals surface area contributed by atoms with Gasteiger partial charge in [-0.05, 0) is 0 Å². The fourth-order valence-electron chi connectivity index (χ4n) is 1.81. The van der Waals surface area contributed by atoms with Crippen molar-refractivity contribution in [3.8, 4) is 11.4 Å². The standard InChI is InChI=1S/C12H8ClF2N5/c13-7-9(16)17-11(6-4-2-1-3-5-6)20-12(7)18-10(19-20)8(14)15/h1-5,8H,16H2. The van der Waals surface area contributed by atoms with E-state index in [-0.39, 0.29) is 16.5 Å². The number of nitrogens with zero attached hydrogens (tertiary/aromatic N) is 4. The molecule has 102 valence electrons. The van der Waals surface area contributed by atoms with Gasteiger partial charge in [0.25, 0.3) is 6.43 Å². The smallest absolute Gasteiger partial charge is 0.299 e. The summed E-state index contributed by atoms with van der Waals surface area (Å²) in [5.41, 5.74) is 6.43. The number of anilines is 1. The van der Waals surface area contributed by atoms with Crippen molar-refractivity contribution in [3.05, 3.63) is 41.2 Å². The van der Waals surface area contributed by atoms with Gasteiger partial charge in [0.05, 0.1) is 0 Å². The number of rotatable bonds is 2. The summed E-state index contributed by atoms with van der Waals surface area (Å²) in [6.45, 7) is 0.